The Labute approximate surface area is 243 Å². The van der Waals surface area contributed by atoms with Crippen LogP contribution in [0.15, 0.2) is 140 Å². The molecule has 0 N–H and O–H groups in total. The van der Waals surface area contributed by atoms with Crippen LogP contribution in [0.25, 0.3) is 76.9 Å². The predicted octanol–water partition coefficient (Wildman–Crippen LogP) is 9.96. The molecule has 0 radical (unpaired) electrons. The molecular weight excluding hydrogens is 510 g/mol. The lowest BCUT2D eigenvalue weighted by molar-refractivity contribution is 1.37. The van der Waals surface area contributed by atoms with Gasteiger partial charge in [-0.3, -0.25) is 4.98 Å². The van der Waals surface area contributed by atoms with Gasteiger partial charge < -0.3 is 0 Å². The van der Waals surface area contributed by atoms with Gasteiger partial charge in [0.15, 0.2) is 0 Å². The Bertz CT molecular complexity index is 2360. The Morgan fingerprint density at radius 2 is 1.17 bits per heavy atom. The van der Waals surface area contributed by atoms with E-state index in [1.54, 1.807) is 0 Å². The SMILES string of the molecule is N#Cc1ccc(-c2ccc3ccc(-c4ccc5ccccc5c4-c4ccc5ccc6cccnc6c5n4)cc3c2)cc1. The Morgan fingerprint density at radius 3 is 2.02 bits per heavy atom. The zero-order valence-electron chi connectivity index (χ0n) is 22.6. The summed E-state index contributed by atoms with van der Waals surface area (Å²) < 4.78 is 0. The van der Waals surface area contributed by atoms with E-state index in [0.717, 1.165) is 60.7 Å². The predicted molar refractivity (Wildman–Crippen MR) is 173 cm³/mol. The summed E-state index contributed by atoms with van der Waals surface area (Å²) in [7, 11) is 0. The molecule has 2 aromatic heterocycles. The normalized spacial score (nSPS) is 11.3. The summed E-state index contributed by atoms with van der Waals surface area (Å²) in [5, 5.41) is 16.0. The van der Waals surface area contributed by atoms with Crippen LogP contribution < -0.4 is 0 Å². The summed E-state index contributed by atoms with van der Waals surface area (Å²) in [5.74, 6) is 0. The summed E-state index contributed by atoms with van der Waals surface area (Å²) in [6, 6.07) is 48.7. The number of nitriles is 1. The van der Waals surface area contributed by atoms with Crippen molar-refractivity contribution in [2.75, 3.05) is 0 Å². The fourth-order valence-electron chi connectivity index (χ4n) is 5.98. The smallest absolute Gasteiger partial charge is 0.0991 e. The lowest BCUT2D eigenvalue weighted by atomic mass is 9.90. The number of fused-ring (bicyclic) bond motifs is 5. The van der Waals surface area contributed by atoms with E-state index in [4.69, 9.17) is 4.98 Å². The molecule has 3 nitrogen and oxygen atoms in total. The number of hydrogen-bond acceptors (Lipinski definition) is 3. The highest BCUT2D eigenvalue weighted by atomic mass is 14.8. The monoisotopic (exact) mass is 533 g/mol. The molecule has 0 unspecified atom stereocenters. The molecule has 194 valence electrons. The molecule has 8 rings (SSSR count). The van der Waals surface area contributed by atoms with Crippen LogP contribution in [0.5, 0.6) is 0 Å². The Balaban J connectivity index is 1.34. The van der Waals surface area contributed by atoms with Gasteiger partial charge in [-0.2, -0.15) is 5.26 Å². The van der Waals surface area contributed by atoms with Crippen LogP contribution >= 0.6 is 0 Å². The number of benzene rings is 6. The summed E-state index contributed by atoms with van der Waals surface area (Å²) in [4.78, 5) is 9.94. The second-order valence-electron chi connectivity index (χ2n) is 10.6. The molecule has 0 aliphatic carbocycles. The van der Waals surface area contributed by atoms with Gasteiger partial charge in [0.2, 0.25) is 0 Å². The van der Waals surface area contributed by atoms with Crippen LogP contribution in [0.3, 0.4) is 0 Å². The Hall–Kier alpha value is -5.85. The van der Waals surface area contributed by atoms with Crippen molar-refractivity contribution in [1.82, 2.24) is 9.97 Å². The maximum absolute atomic E-state index is 9.19. The van der Waals surface area contributed by atoms with E-state index in [9.17, 15) is 5.26 Å². The van der Waals surface area contributed by atoms with Gasteiger partial charge in [-0.1, -0.05) is 97.1 Å². The van der Waals surface area contributed by atoms with E-state index in [1.807, 2.05) is 36.5 Å². The van der Waals surface area contributed by atoms with Gasteiger partial charge in [-0.05, 0) is 80.2 Å². The molecule has 0 fully saturated rings. The number of rotatable bonds is 3. The minimum absolute atomic E-state index is 0.664. The topological polar surface area (TPSA) is 49.6 Å². The van der Waals surface area contributed by atoms with Gasteiger partial charge in [-0.25, -0.2) is 4.98 Å². The summed E-state index contributed by atoms with van der Waals surface area (Å²) >= 11 is 0. The highest BCUT2D eigenvalue weighted by Gasteiger charge is 2.15. The van der Waals surface area contributed by atoms with Crippen LogP contribution in [0.4, 0.5) is 0 Å². The van der Waals surface area contributed by atoms with E-state index in [-0.39, 0.29) is 0 Å². The van der Waals surface area contributed by atoms with Crippen LogP contribution in [-0.2, 0) is 0 Å². The first-order chi connectivity index (χ1) is 20.7. The van der Waals surface area contributed by atoms with Gasteiger partial charge in [0.25, 0.3) is 0 Å². The van der Waals surface area contributed by atoms with Crippen molar-refractivity contribution in [2.24, 2.45) is 0 Å². The van der Waals surface area contributed by atoms with Gasteiger partial charge in [0.1, 0.15) is 0 Å². The summed E-state index contributed by atoms with van der Waals surface area (Å²) in [6.07, 6.45) is 1.83. The Kier molecular flexibility index (Phi) is 5.52. The molecule has 0 atom stereocenters. The zero-order valence-corrected chi connectivity index (χ0v) is 22.6. The second kappa shape index (κ2) is 9.66. The van der Waals surface area contributed by atoms with Crippen molar-refractivity contribution in [3.8, 4) is 39.6 Å². The zero-order chi connectivity index (χ0) is 28.0. The summed E-state index contributed by atoms with van der Waals surface area (Å²) in [6.45, 7) is 0. The molecular formula is C39H23N3. The van der Waals surface area contributed by atoms with Gasteiger partial charge in [0.05, 0.1) is 28.4 Å². The maximum atomic E-state index is 9.19. The summed E-state index contributed by atoms with van der Waals surface area (Å²) in [5.41, 5.74) is 9.03. The molecule has 2 heterocycles. The van der Waals surface area contributed by atoms with E-state index >= 15 is 0 Å². The average Bonchev–Trinajstić information content (AvgIpc) is 3.07. The lowest BCUT2D eigenvalue weighted by Crippen LogP contribution is -1.93. The van der Waals surface area contributed by atoms with E-state index in [1.165, 1.54) is 16.2 Å². The van der Waals surface area contributed by atoms with Crippen LogP contribution in [0.1, 0.15) is 5.56 Å². The van der Waals surface area contributed by atoms with Crippen molar-refractivity contribution in [3.05, 3.63) is 145 Å². The lowest BCUT2D eigenvalue weighted by Gasteiger charge is -2.15. The standard InChI is InChI=1S/C39H23N3/c40-24-25-7-9-26(10-8-25)31-15-11-27-12-16-32(23-33(27)22-31)35-19-17-28-4-1-2-6-34(28)37(35)36-20-18-30-14-13-29-5-3-21-41-38(29)39(30)42-36/h1-23H. The second-order valence-corrected chi connectivity index (χ2v) is 10.6. The minimum atomic E-state index is 0.664. The molecule has 0 aliphatic rings. The molecule has 0 spiro atoms. The molecule has 0 saturated heterocycles. The van der Waals surface area contributed by atoms with Gasteiger partial charge in [0, 0.05) is 22.5 Å². The number of pyridine rings is 2. The third kappa shape index (κ3) is 3.98. The molecule has 0 saturated carbocycles. The maximum Gasteiger partial charge on any atom is 0.0991 e. The van der Waals surface area contributed by atoms with Crippen molar-refractivity contribution in [1.29, 1.82) is 5.26 Å². The fourth-order valence-corrected chi connectivity index (χ4v) is 5.98. The van der Waals surface area contributed by atoms with Gasteiger partial charge in [-0.15, -0.1) is 0 Å². The average molecular weight is 534 g/mol. The number of hydrogen-bond donors (Lipinski definition) is 0. The Morgan fingerprint density at radius 1 is 0.500 bits per heavy atom. The van der Waals surface area contributed by atoms with Crippen molar-refractivity contribution in [3.63, 3.8) is 0 Å². The van der Waals surface area contributed by atoms with Gasteiger partial charge >= 0.3 is 0 Å². The molecule has 0 bridgehead atoms. The van der Waals surface area contributed by atoms with Crippen molar-refractivity contribution in [2.45, 2.75) is 0 Å². The third-order valence-electron chi connectivity index (χ3n) is 8.12. The van der Waals surface area contributed by atoms with E-state index in [2.05, 4.69) is 114 Å². The quantitative estimate of drug-likeness (QED) is 0.212. The largest absolute Gasteiger partial charge is 0.254 e. The molecule has 3 heteroatoms. The number of aromatic nitrogens is 2. The third-order valence-corrected chi connectivity index (χ3v) is 8.12. The number of nitrogens with zero attached hydrogens (tertiary/aromatic N) is 3. The van der Waals surface area contributed by atoms with E-state index in [0.29, 0.717) is 5.56 Å². The molecule has 42 heavy (non-hydrogen) atoms. The molecule has 0 amide bonds. The first kappa shape index (κ1) is 24.0. The highest BCUT2D eigenvalue weighted by Crippen LogP contribution is 2.39. The first-order valence-corrected chi connectivity index (χ1v) is 14.0. The van der Waals surface area contributed by atoms with Crippen LogP contribution in [0, 0.1) is 11.3 Å². The minimum Gasteiger partial charge on any atom is -0.254 e. The fraction of sp³-hybridized carbons (Fsp3) is 0. The highest BCUT2D eigenvalue weighted by molar-refractivity contribution is 6.07. The first-order valence-electron chi connectivity index (χ1n) is 14.0. The molecule has 8 aromatic rings. The molecule has 0 aliphatic heterocycles. The molecule has 6 aromatic carbocycles. The van der Waals surface area contributed by atoms with Crippen LogP contribution in [0.2, 0.25) is 0 Å². The van der Waals surface area contributed by atoms with Crippen LogP contribution in [-0.4, -0.2) is 9.97 Å². The van der Waals surface area contributed by atoms with Crippen molar-refractivity contribution < 1.29 is 0 Å². The van der Waals surface area contributed by atoms with Crippen molar-refractivity contribution >= 4 is 43.4 Å². The van der Waals surface area contributed by atoms with E-state index < -0.39 is 0 Å².